The lowest BCUT2D eigenvalue weighted by atomic mass is 9.85. The lowest BCUT2D eigenvalue weighted by molar-refractivity contribution is -0.134. The molecule has 3 heterocycles. The maximum Gasteiger partial charge on any atom is 0.337 e. The smallest absolute Gasteiger partial charge is 0.337 e. The number of rotatable bonds is 6. The Morgan fingerprint density at radius 2 is 1.93 bits per heavy atom. The minimum atomic E-state index is -1.00. The summed E-state index contributed by atoms with van der Waals surface area (Å²) in [5.74, 6) is 0.413. The SMILES string of the molecule is CC(C)CN1C(=O)N(CC2CC2)C(=O)C12CCN(c1ccc(C(=O)O)cn1)CC2. The highest BCUT2D eigenvalue weighted by Crippen LogP contribution is 2.41. The Kier molecular flexibility index (Phi) is 4.96. The van der Waals surface area contributed by atoms with Crippen molar-refractivity contribution in [3.63, 3.8) is 0 Å². The number of aromatic nitrogens is 1. The molecule has 1 aromatic heterocycles. The highest BCUT2D eigenvalue weighted by Gasteiger charge is 2.58. The first-order valence-electron chi connectivity index (χ1n) is 10.4. The molecule has 1 saturated carbocycles. The molecule has 0 aromatic carbocycles. The van der Waals surface area contributed by atoms with Gasteiger partial charge in [0.15, 0.2) is 0 Å². The molecule has 29 heavy (non-hydrogen) atoms. The van der Waals surface area contributed by atoms with E-state index in [1.165, 1.54) is 11.1 Å². The van der Waals surface area contributed by atoms with Gasteiger partial charge in [0.1, 0.15) is 11.4 Å². The molecule has 1 aromatic rings. The number of nitrogens with zero attached hydrogens (tertiary/aromatic N) is 4. The van der Waals surface area contributed by atoms with E-state index >= 15 is 0 Å². The van der Waals surface area contributed by atoms with Crippen LogP contribution in [0.2, 0.25) is 0 Å². The Labute approximate surface area is 170 Å². The third-order valence-corrected chi connectivity index (χ3v) is 6.22. The van der Waals surface area contributed by atoms with Crippen LogP contribution in [-0.2, 0) is 4.79 Å². The Bertz CT molecular complexity index is 810. The average Bonchev–Trinajstić information content (AvgIpc) is 3.51. The molecule has 4 rings (SSSR count). The summed E-state index contributed by atoms with van der Waals surface area (Å²) in [4.78, 5) is 47.1. The maximum atomic E-state index is 13.4. The molecular weight excluding hydrogens is 372 g/mol. The minimum Gasteiger partial charge on any atom is -0.478 e. The molecule has 2 saturated heterocycles. The van der Waals surface area contributed by atoms with E-state index in [0.717, 1.165) is 12.8 Å². The predicted octanol–water partition coefficient (Wildman–Crippen LogP) is 2.45. The van der Waals surface area contributed by atoms with Crippen molar-refractivity contribution in [2.24, 2.45) is 11.8 Å². The van der Waals surface area contributed by atoms with Crippen molar-refractivity contribution in [2.75, 3.05) is 31.1 Å². The van der Waals surface area contributed by atoms with E-state index in [1.807, 2.05) is 4.90 Å². The van der Waals surface area contributed by atoms with Gasteiger partial charge in [-0.25, -0.2) is 14.6 Å². The third kappa shape index (κ3) is 3.56. The Hall–Kier alpha value is -2.64. The molecule has 1 spiro atoms. The number of hydrogen-bond donors (Lipinski definition) is 1. The van der Waals surface area contributed by atoms with Crippen LogP contribution in [0, 0.1) is 11.8 Å². The predicted molar refractivity (Wildman–Crippen MR) is 107 cm³/mol. The summed E-state index contributed by atoms with van der Waals surface area (Å²) in [6, 6.07) is 3.11. The molecule has 3 fully saturated rings. The molecule has 1 aliphatic carbocycles. The first-order valence-corrected chi connectivity index (χ1v) is 10.4. The van der Waals surface area contributed by atoms with Gasteiger partial charge < -0.3 is 14.9 Å². The molecule has 8 heteroatoms. The molecule has 0 bridgehead atoms. The first kappa shape index (κ1) is 19.7. The second-order valence-electron chi connectivity index (χ2n) is 8.88. The monoisotopic (exact) mass is 400 g/mol. The number of carbonyl (C=O) groups is 3. The summed E-state index contributed by atoms with van der Waals surface area (Å²) in [6.07, 6.45) is 4.68. The molecule has 0 radical (unpaired) electrons. The summed E-state index contributed by atoms with van der Waals surface area (Å²) in [5, 5.41) is 9.04. The van der Waals surface area contributed by atoms with Crippen LogP contribution in [0.3, 0.4) is 0 Å². The van der Waals surface area contributed by atoms with E-state index in [-0.39, 0.29) is 23.4 Å². The molecular formula is C21H28N4O4. The summed E-state index contributed by atoms with van der Waals surface area (Å²) in [7, 11) is 0. The van der Waals surface area contributed by atoms with Crippen molar-refractivity contribution in [2.45, 2.75) is 45.1 Å². The van der Waals surface area contributed by atoms with Gasteiger partial charge in [-0.3, -0.25) is 9.69 Å². The summed E-state index contributed by atoms with van der Waals surface area (Å²) >= 11 is 0. The topological polar surface area (TPSA) is 94.1 Å². The number of hydrogen-bond acceptors (Lipinski definition) is 5. The average molecular weight is 400 g/mol. The highest BCUT2D eigenvalue weighted by molar-refractivity contribution is 6.07. The fraction of sp³-hybridized carbons (Fsp3) is 0.619. The lowest BCUT2D eigenvalue weighted by Crippen LogP contribution is -2.57. The molecule has 8 nitrogen and oxygen atoms in total. The van der Waals surface area contributed by atoms with Crippen LogP contribution >= 0.6 is 0 Å². The van der Waals surface area contributed by atoms with Crippen LogP contribution in [-0.4, -0.2) is 69.5 Å². The third-order valence-electron chi connectivity index (χ3n) is 6.22. The summed E-state index contributed by atoms with van der Waals surface area (Å²) < 4.78 is 0. The molecule has 156 valence electrons. The zero-order valence-corrected chi connectivity index (χ0v) is 17.0. The zero-order chi connectivity index (χ0) is 20.8. The Balaban J connectivity index is 1.52. The number of pyridine rings is 1. The number of urea groups is 1. The molecule has 0 unspecified atom stereocenters. The lowest BCUT2D eigenvalue weighted by Gasteiger charge is -2.43. The number of amides is 3. The van der Waals surface area contributed by atoms with Crippen molar-refractivity contribution in [3.8, 4) is 0 Å². The zero-order valence-electron chi connectivity index (χ0n) is 17.0. The minimum absolute atomic E-state index is 0.0381. The van der Waals surface area contributed by atoms with Gasteiger partial charge in [-0.1, -0.05) is 13.8 Å². The van der Waals surface area contributed by atoms with Crippen molar-refractivity contribution >= 4 is 23.7 Å². The van der Waals surface area contributed by atoms with Crippen LogP contribution in [0.15, 0.2) is 18.3 Å². The fourth-order valence-corrected chi connectivity index (χ4v) is 4.41. The number of carboxylic acid groups (broad SMARTS) is 1. The van der Waals surface area contributed by atoms with Gasteiger partial charge in [-0.05, 0) is 49.7 Å². The van der Waals surface area contributed by atoms with E-state index in [0.29, 0.717) is 50.8 Å². The largest absolute Gasteiger partial charge is 0.478 e. The van der Waals surface area contributed by atoms with Crippen molar-refractivity contribution in [1.29, 1.82) is 0 Å². The fourth-order valence-electron chi connectivity index (χ4n) is 4.41. The van der Waals surface area contributed by atoms with Gasteiger partial charge in [0.2, 0.25) is 0 Å². The summed E-state index contributed by atoms with van der Waals surface area (Å²) in [6.45, 7) is 6.47. The summed E-state index contributed by atoms with van der Waals surface area (Å²) in [5.41, 5.74) is -0.606. The molecule has 2 aliphatic heterocycles. The standard InChI is InChI=1S/C21H28N4O4/c1-14(2)12-25-20(29)24(13-15-3-4-15)19(28)21(25)7-9-23(10-8-21)17-6-5-16(11-22-17)18(26)27/h5-6,11,14-15H,3-4,7-10,12-13H2,1-2H3,(H,26,27). The first-order chi connectivity index (χ1) is 13.8. The van der Waals surface area contributed by atoms with Gasteiger partial charge in [-0.15, -0.1) is 0 Å². The van der Waals surface area contributed by atoms with Gasteiger partial charge in [0, 0.05) is 32.4 Å². The number of piperidine rings is 1. The molecule has 1 N–H and O–H groups in total. The quantitative estimate of drug-likeness (QED) is 0.737. The van der Waals surface area contributed by atoms with Crippen molar-refractivity contribution < 1.29 is 19.5 Å². The van der Waals surface area contributed by atoms with Gasteiger partial charge >= 0.3 is 12.0 Å². The second kappa shape index (κ2) is 7.31. The van der Waals surface area contributed by atoms with Gasteiger partial charge in [0.05, 0.1) is 5.56 Å². The molecule has 3 amide bonds. The number of imide groups is 1. The van der Waals surface area contributed by atoms with Crippen LogP contribution in [0.1, 0.15) is 49.9 Å². The van der Waals surface area contributed by atoms with E-state index < -0.39 is 11.5 Å². The van der Waals surface area contributed by atoms with Crippen LogP contribution < -0.4 is 4.90 Å². The number of carboxylic acids is 1. The van der Waals surface area contributed by atoms with E-state index in [9.17, 15) is 14.4 Å². The maximum absolute atomic E-state index is 13.4. The number of anilines is 1. The Morgan fingerprint density at radius 1 is 1.24 bits per heavy atom. The number of aromatic carboxylic acids is 1. The van der Waals surface area contributed by atoms with Crippen molar-refractivity contribution in [1.82, 2.24) is 14.8 Å². The second-order valence-corrected chi connectivity index (χ2v) is 8.88. The normalized spacial score (nSPS) is 21.6. The van der Waals surface area contributed by atoms with Crippen molar-refractivity contribution in [3.05, 3.63) is 23.9 Å². The van der Waals surface area contributed by atoms with E-state index in [1.54, 1.807) is 12.1 Å². The molecule has 0 atom stereocenters. The van der Waals surface area contributed by atoms with E-state index in [2.05, 4.69) is 23.7 Å². The molecule has 3 aliphatic rings. The van der Waals surface area contributed by atoms with Gasteiger partial charge in [-0.2, -0.15) is 0 Å². The Morgan fingerprint density at radius 3 is 2.45 bits per heavy atom. The van der Waals surface area contributed by atoms with Crippen LogP contribution in [0.25, 0.3) is 0 Å². The number of carbonyl (C=O) groups excluding carboxylic acids is 2. The van der Waals surface area contributed by atoms with Crippen LogP contribution in [0.5, 0.6) is 0 Å². The van der Waals surface area contributed by atoms with Gasteiger partial charge in [0.25, 0.3) is 5.91 Å². The van der Waals surface area contributed by atoms with E-state index in [4.69, 9.17) is 5.11 Å². The highest BCUT2D eigenvalue weighted by atomic mass is 16.4. The van der Waals surface area contributed by atoms with Crippen LogP contribution in [0.4, 0.5) is 10.6 Å².